The monoisotopic (exact) mass is 1540 g/mol. The number of aliphatic hydroxyl groups excluding tert-OH is 1. The van der Waals surface area contributed by atoms with Crippen molar-refractivity contribution >= 4 is 60.9 Å². The normalized spacial score (nSPS) is 15.8. The number of rotatable bonds is 11. The van der Waals surface area contributed by atoms with Crippen LogP contribution in [0.4, 0.5) is 0 Å². The molecule has 3 aromatic carbocycles. The maximum atomic E-state index is 12.9. The summed E-state index contributed by atoms with van der Waals surface area (Å²) >= 11 is 0. The van der Waals surface area contributed by atoms with Crippen molar-refractivity contribution in [1.29, 1.82) is 0 Å². The Kier molecular flexibility index (Phi) is 21.4. The van der Waals surface area contributed by atoms with E-state index in [1.165, 1.54) is 22.3 Å². The molecular weight excluding hydrogens is 1440 g/mol. The predicted octanol–water partition coefficient (Wildman–Crippen LogP) is 12.1. The Bertz CT molecular complexity index is 6570. The molecule has 3 N–H and O–H groups in total. The molecule has 0 aliphatic carbocycles. The maximum absolute atomic E-state index is 12.9. The van der Waals surface area contributed by atoms with Crippen molar-refractivity contribution in [3.63, 3.8) is 0 Å². The van der Waals surface area contributed by atoms with Gasteiger partial charge in [0.15, 0.2) is 0 Å². The first-order valence-corrected chi connectivity index (χ1v) is 40.2. The Labute approximate surface area is 663 Å². The molecule has 20 rings (SSSR count). The van der Waals surface area contributed by atoms with Crippen molar-refractivity contribution in [2.45, 2.75) is 109 Å². The smallest absolute Gasteiger partial charge is 0.258 e. The van der Waals surface area contributed by atoms with E-state index in [9.17, 15) is 19.2 Å². The second-order valence-corrected chi connectivity index (χ2v) is 31.7. The van der Waals surface area contributed by atoms with Gasteiger partial charge in [-0.25, -0.2) is 24.9 Å². The average molecular weight is 1540 g/mol. The van der Waals surface area contributed by atoms with Crippen LogP contribution in [0.15, 0.2) is 208 Å². The first-order chi connectivity index (χ1) is 55.8. The van der Waals surface area contributed by atoms with Crippen LogP contribution in [0.2, 0.25) is 0 Å². The van der Waals surface area contributed by atoms with Crippen LogP contribution >= 0.6 is 0 Å². The van der Waals surface area contributed by atoms with Crippen molar-refractivity contribution < 1.29 is 5.11 Å². The van der Waals surface area contributed by atoms with Crippen LogP contribution in [0.25, 0.3) is 106 Å². The average Bonchev–Trinajstić information content (AvgIpc) is 1.74. The van der Waals surface area contributed by atoms with E-state index < -0.39 is 0 Å². The van der Waals surface area contributed by atoms with Crippen LogP contribution in [0.5, 0.6) is 0 Å². The van der Waals surface area contributed by atoms with Crippen LogP contribution < -0.4 is 32.9 Å². The summed E-state index contributed by atoms with van der Waals surface area (Å²) in [5.74, 6) is 1.95. The number of hydrogen-bond donors (Lipinski definition) is 3. The number of hydrogen-bond acceptors (Lipinski definition) is 17. The molecule has 17 heterocycles. The largest absolute Gasteiger partial charge is 0.395 e. The topological polar surface area (TPSA) is 259 Å². The molecule has 13 aromatic heterocycles. The van der Waals surface area contributed by atoms with Crippen LogP contribution in [0, 0.1) is 13.8 Å². The molecule has 0 spiro atoms. The summed E-state index contributed by atoms with van der Waals surface area (Å²) in [5, 5.41) is 32.1. The molecule has 0 bridgehead atoms. The lowest BCUT2D eigenvalue weighted by atomic mass is 9.90. The van der Waals surface area contributed by atoms with Gasteiger partial charge in [0.25, 0.3) is 22.2 Å². The highest BCUT2D eigenvalue weighted by Crippen LogP contribution is 2.34. The number of β-amino-alcohol motifs (C(OH)–C–C–N with tert-alkyl or cyclic N) is 1. The lowest BCUT2D eigenvalue weighted by Gasteiger charge is -2.34. The van der Waals surface area contributed by atoms with Crippen LogP contribution in [0.1, 0.15) is 122 Å². The number of aromatic nitrogens is 16. The van der Waals surface area contributed by atoms with E-state index in [-0.39, 0.29) is 28.8 Å². The molecule has 0 radical (unpaired) electrons. The van der Waals surface area contributed by atoms with E-state index in [4.69, 9.17) is 25.0 Å². The summed E-state index contributed by atoms with van der Waals surface area (Å²) in [6.07, 6.45) is 26.4. The number of fused-ring (bicyclic) bond motifs is 8. The van der Waals surface area contributed by atoms with Crippen LogP contribution in [-0.2, 0) is 21.1 Å². The Morgan fingerprint density at radius 1 is 0.426 bits per heavy atom. The summed E-state index contributed by atoms with van der Waals surface area (Å²) < 4.78 is 14.1. The van der Waals surface area contributed by atoms with Gasteiger partial charge in [-0.2, -0.15) is 15.3 Å². The quantitative estimate of drug-likeness (QED) is 0.109. The summed E-state index contributed by atoms with van der Waals surface area (Å²) in [6, 6.07) is 43.4. The minimum Gasteiger partial charge on any atom is -0.395 e. The number of nitrogens with one attached hydrogen (secondary N) is 2. The third kappa shape index (κ3) is 16.2. The van der Waals surface area contributed by atoms with Crippen molar-refractivity contribution in [1.82, 2.24) is 96.7 Å². The van der Waals surface area contributed by atoms with Crippen molar-refractivity contribution in [3.05, 3.63) is 264 Å². The highest BCUT2D eigenvalue weighted by molar-refractivity contribution is 5.86. The van der Waals surface area contributed by atoms with E-state index in [2.05, 4.69) is 78.8 Å². The van der Waals surface area contributed by atoms with Gasteiger partial charge in [-0.15, -0.1) is 0 Å². The van der Waals surface area contributed by atoms with Crippen LogP contribution in [0.3, 0.4) is 0 Å². The number of imidazole rings is 1. The molecule has 0 atom stereocenters. The zero-order valence-electron chi connectivity index (χ0n) is 66.1. The predicted molar refractivity (Wildman–Crippen MR) is 453 cm³/mol. The molecule has 0 amide bonds. The summed E-state index contributed by atoms with van der Waals surface area (Å²) in [4.78, 5) is 79.8. The van der Waals surface area contributed by atoms with Crippen molar-refractivity contribution in [3.8, 4) is 45.0 Å². The zero-order chi connectivity index (χ0) is 79.1. The van der Waals surface area contributed by atoms with Gasteiger partial charge in [0.1, 0.15) is 28.2 Å². The zero-order valence-corrected chi connectivity index (χ0v) is 66.1. The summed E-state index contributed by atoms with van der Waals surface area (Å²) in [5.41, 5.74) is 19.7. The third-order valence-electron chi connectivity index (χ3n) is 23.6. The first kappa shape index (κ1) is 75.7. The Balaban J connectivity index is 0.000000111. The van der Waals surface area contributed by atoms with E-state index >= 15 is 0 Å². The summed E-state index contributed by atoms with van der Waals surface area (Å²) in [6.45, 7) is 17.8. The van der Waals surface area contributed by atoms with Crippen molar-refractivity contribution in [2.75, 3.05) is 65.5 Å². The van der Waals surface area contributed by atoms with Gasteiger partial charge in [0.05, 0.1) is 57.8 Å². The number of aliphatic hydroxyl groups is 1. The number of piperidine rings is 4. The standard InChI is InChI=1S/C24H27N5O.C23H25N5O2.C22H23N5O.C21H21N5O/c1-16(2)28-10-8-17(9-11-28)19-5-7-23-25-22(13-24(30)29(23)15-19)18-4-6-21-20(12-18)14-27(3)26-21;1-26-21-4-2-17(12-19(21)14-24-26)20-13-23(30)28-15-18(3-5-22(28)25-20)16-6-8-27(9-7-16)10-11-29;1-14-9-18(12-26-11-15(2)24-22(14)26)19-10-21(28)27-13-17(3-4-20(27)25-19)16-5-7-23-8-6-16;1-25-12-17-10-15(2-4-18(17)24-25)19-11-21(27)26-13-16(3-5-20(26)23-19)14-6-8-22-9-7-14/h4-7,12-17H,8-11H2,1-3H3;2-5,12-16,29H,6-11H2,1H3;3-4,9-13,16,23H,5-8H2,1-2H3;2-5,10-14,22H,6-9H2,1H3. The van der Waals surface area contributed by atoms with Gasteiger partial charge >= 0.3 is 0 Å². The molecule has 4 saturated heterocycles. The van der Waals surface area contributed by atoms with Crippen LogP contribution in [-0.4, -0.2) is 163 Å². The molecule has 25 nitrogen and oxygen atoms in total. The van der Waals surface area contributed by atoms with Crippen molar-refractivity contribution in [2.24, 2.45) is 21.1 Å². The lowest BCUT2D eigenvalue weighted by Crippen LogP contribution is -2.37. The fraction of sp³-hybridized carbons (Fsp3) is 0.333. The third-order valence-corrected chi connectivity index (χ3v) is 23.6. The molecule has 586 valence electrons. The first-order valence-electron chi connectivity index (χ1n) is 40.2. The van der Waals surface area contributed by atoms with Gasteiger partial charge < -0.3 is 29.9 Å². The number of pyridine rings is 5. The van der Waals surface area contributed by atoms with Gasteiger partial charge in [0, 0.05) is 146 Å². The maximum Gasteiger partial charge on any atom is 0.258 e. The van der Waals surface area contributed by atoms with E-state index in [1.807, 2.05) is 185 Å². The molecular formula is C90H96N20O5. The second kappa shape index (κ2) is 32.5. The van der Waals surface area contributed by atoms with E-state index in [0.29, 0.717) is 75.1 Å². The van der Waals surface area contributed by atoms with Gasteiger partial charge in [0.2, 0.25) is 0 Å². The Morgan fingerprint density at radius 3 is 1.25 bits per heavy atom. The molecule has 4 fully saturated rings. The van der Waals surface area contributed by atoms with Gasteiger partial charge in [-0.05, 0) is 250 Å². The Morgan fingerprint density at radius 2 is 0.826 bits per heavy atom. The van der Waals surface area contributed by atoms with E-state index in [1.54, 1.807) is 51.2 Å². The molecule has 4 aliphatic rings. The fourth-order valence-electron chi connectivity index (χ4n) is 17.2. The molecule has 25 heteroatoms. The molecule has 115 heavy (non-hydrogen) atoms. The number of likely N-dealkylation sites (tertiary alicyclic amines) is 2. The highest BCUT2D eigenvalue weighted by Gasteiger charge is 2.26. The minimum absolute atomic E-state index is 0.0391. The number of nitrogens with zero attached hydrogens (tertiary/aromatic N) is 18. The fourth-order valence-corrected chi connectivity index (χ4v) is 17.2. The second-order valence-electron chi connectivity index (χ2n) is 31.7. The highest BCUT2D eigenvalue weighted by atomic mass is 16.3. The Hall–Kier alpha value is -12.0. The number of benzene rings is 3. The number of aryl methyl sites for hydroxylation is 5. The van der Waals surface area contributed by atoms with Gasteiger partial charge in [-0.3, -0.25) is 50.8 Å². The summed E-state index contributed by atoms with van der Waals surface area (Å²) in [7, 11) is 5.72. The lowest BCUT2D eigenvalue weighted by molar-refractivity contribution is 0.164. The molecule has 4 aliphatic heterocycles. The molecule has 0 unspecified atom stereocenters. The minimum atomic E-state index is -0.0687. The molecule has 0 saturated carbocycles. The molecule has 16 aromatic rings. The van der Waals surface area contributed by atoms with E-state index in [0.717, 1.165) is 182 Å². The van der Waals surface area contributed by atoms with Gasteiger partial charge in [-0.1, -0.05) is 42.5 Å². The SMILES string of the molecule is CC(C)N1CCC(c2ccc3nc(-c4ccc5nn(C)cc5c4)cc(=O)n3c2)CC1.Cc1cn2cc(-c3cc(=O)n4cc(C5CCNCC5)ccc4n3)cc(C)c2n1.Cn1cc2cc(-c3cc(=O)n4cc(C5CCNCC5)ccc4n3)ccc2n1.Cn1ncc2cc(-c3cc(=O)n4cc(C5CCN(CCO)CC5)ccc4n3)ccc21.